The normalized spacial score (nSPS) is 20.2. The van der Waals surface area contributed by atoms with Crippen LogP contribution in [0.5, 0.6) is 0 Å². The summed E-state index contributed by atoms with van der Waals surface area (Å²) in [5.41, 5.74) is 1.29. The minimum absolute atomic E-state index is 0.0730. The Kier molecular flexibility index (Phi) is 6.01. The molecule has 3 heterocycles. The van der Waals surface area contributed by atoms with Gasteiger partial charge in [0.05, 0.1) is 36.6 Å². The van der Waals surface area contributed by atoms with Crippen molar-refractivity contribution in [3.8, 4) is 0 Å². The number of nitrogens with zero attached hydrogens (tertiary/aromatic N) is 2. The van der Waals surface area contributed by atoms with Gasteiger partial charge in [-0.3, -0.25) is 9.78 Å². The first kappa shape index (κ1) is 21.4. The number of aliphatic hydroxyl groups excluding tert-OH is 1. The van der Waals surface area contributed by atoms with Crippen LogP contribution < -0.4 is 0 Å². The Morgan fingerprint density at radius 3 is 2.43 bits per heavy atom. The van der Waals surface area contributed by atoms with Crippen LogP contribution in [0.4, 0.5) is 0 Å². The number of ether oxygens (including phenoxy) is 2. The van der Waals surface area contributed by atoms with E-state index in [2.05, 4.69) is 19.6 Å². The Balaban J connectivity index is 1.98. The Morgan fingerprint density at radius 2 is 1.93 bits per heavy atom. The number of aromatic nitrogens is 1. The standard InChI is InChI=1S/C21H34N2O4Si/c1-6-20(7-2)18-17(9-8-16(12-24)22-18)21(13-27-14-21)23(19(20)25)15-26-10-11-28(3,4)5/h8-9,24H,6-7,10-15H2,1-5H3. The maximum Gasteiger partial charge on any atom is 0.237 e. The van der Waals surface area contributed by atoms with Crippen molar-refractivity contribution >= 4 is 14.0 Å². The molecule has 3 rings (SSSR count). The Bertz CT molecular complexity index is 724. The molecule has 0 saturated carbocycles. The van der Waals surface area contributed by atoms with Gasteiger partial charge in [-0.05, 0) is 25.0 Å². The van der Waals surface area contributed by atoms with E-state index >= 15 is 0 Å². The molecule has 0 atom stereocenters. The molecule has 1 N–H and O–H groups in total. The van der Waals surface area contributed by atoms with Crippen LogP contribution in [0.25, 0.3) is 0 Å². The first-order valence-corrected chi connectivity index (χ1v) is 14.0. The molecule has 28 heavy (non-hydrogen) atoms. The van der Waals surface area contributed by atoms with E-state index in [1.165, 1.54) is 0 Å². The van der Waals surface area contributed by atoms with E-state index < -0.39 is 19.0 Å². The van der Waals surface area contributed by atoms with Crippen molar-refractivity contribution in [3.63, 3.8) is 0 Å². The lowest BCUT2D eigenvalue weighted by Crippen LogP contribution is -2.69. The highest BCUT2D eigenvalue weighted by Crippen LogP contribution is 2.49. The predicted molar refractivity (Wildman–Crippen MR) is 111 cm³/mol. The van der Waals surface area contributed by atoms with E-state index in [0.29, 0.717) is 38.4 Å². The fourth-order valence-corrected chi connectivity index (χ4v) is 4.99. The van der Waals surface area contributed by atoms with Gasteiger partial charge in [0.25, 0.3) is 0 Å². The van der Waals surface area contributed by atoms with Crippen molar-refractivity contribution in [2.75, 3.05) is 26.6 Å². The smallest absolute Gasteiger partial charge is 0.237 e. The highest BCUT2D eigenvalue weighted by molar-refractivity contribution is 6.76. The third-order valence-electron chi connectivity index (χ3n) is 6.35. The first-order chi connectivity index (χ1) is 13.2. The molecule has 6 nitrogen and oxygen atoms in total. The van der Waals surface area contributed by atoms with E-state index in [1.807, 2.05) is 30.9 Å². The quantitative estimate of drug-likeness (QED) is 0.531. The molecule has 0 aliphatic carbocycles. The van der Waals surface area contributed by atoms with Gasteiger partial charge in [0.2, 0.25) is 5.91 Å². The average Bonchev–Trinajstić information content (AvgIpc) is 2.63. The number of carbonyl (C=O) groups is 1. The maximum absolute atomic E-state index is 13.8. The number of amides is 1. The molecule has 0 bridgehead atoms. The molecule has 2 aliphatic heterocycles. The fourth-order valence-electron chi connectivity index (χ4n) is 4.24. The molecular formula is C21H34N2O4Si. The van der Waals surface area contributed by atoms with Gasteiger partial charge in [0.15, 0.2) is 0 Å². The Morgan fingerprint density at radius 1 is 1.25 bits per heavy atom. The zero-order chi connectivity index (χ0) is 20.6. The van der Waals surface area contributed by atoms with Crippen LogP contribution in [0.3, 0.4) is 0 Å². The zero-order valence-corrected chi connectivity index (χ0v) is 18.9. The molecule has 7 heteroatoms. The number of hydrogen-bond donors (Lipinski definition) is 1. The summed E-state index contributed by atoms with van der Waals surface area (Å²) in [6, 6.07) is 4.95. The SMILES string of the molecule is CCC1(CC)C(=O)N(COCC[Si](C)(C)C)C2(COC2)c2ccc(CO)nc21. The van der Waals surface area contributed by atoms with E-state index in [1.54, 1.807) is 0 Å². The van der Waals surface area contributed by atoms with Gasteiger partial charge in [-0.2, -0.15) is 0 Å². The monoisotopic (exact) mass is 406 g/mol. The highest BCUT2D eigenvalue weighted by Gasteiger charge is 2.59. The van der Waals surface area contributed by atoms with Crippen molar-refractivity contribution in [1.29, 1.82) is 0 Å². The van der Waals surface area contributed by atoms with Crippen molar-refractivity contribution in [1.82, 2.24) is 9.88 Å². The second-order valence-corrected chi connectivity index (χ2v) is 14.9. The van der Waals surface area contributed by atoms with Gasteiger partial charge in [0.1, 0.15) is 12.3 Å². The number of pyridine rings is 1. The lowest BCUT2D eigenvalue weighted by atomic mass is 9.67. The zero-order valence-electron chi connectivity index (χ0n) is 17.9. The van der Waals surface area contributed by atoms with Crippen LogP contribution in [0, 0.1) is 0 Å². The number of fused-ring (bicyclic) bond motifs is 2. The summed E-state index contributed by atoms with van der Waals surface area (Å²) in [5.74, 6) is 0.0730. The van der Waals surface area contributed by atoms with Crippen molar-refractivity contribution in [2.24, 2.45) is 0 Å². The van der Waals surface area contributed by atoms with Crippen LogP contribution in [-0.4, -0.2) is 55.5 Å². The summed E-state index contributed by atoms with van der Waals surface area (Å²) in [4.78, 5) is 20.4. The van der Waals surface area contributed by atoms with Crippen LogP contribution in [0.15, 0.2) is 12.1 Å². The number of aliphatic hydroxyl groups is 1. The second-order valence-electron chi connectivity index (χ2n) is 9.25. The van der Waals surface area contributed by atoms with Gasteiger partial charge in [0, 0.05) is 20.2 Å². The molecule has 1 fully saturated rings. The van der Waals surface area contributed by atoms with Crippen LogP contribution in [-0.2, 0) is 31.8 Å². The second kappa shape index (κ2) is 7.86. The van der Waals surface area contributed by atoms with Crippen molar-refractivity contribution < 1.29 is 19.4 Å². The van der Waals surface area contributed by atoms with E-state index in [0.717, 1.165) is 17.3 Å². The van der Waals surface area contributed by atoms with Gasteiger partial charge in [-0.25, -0.2) is 0 Å². The number of hydrogen-bond acceptors (Lipinski definition) is 5. The predicted octanol–water partition coefficient (Wildman–Crippen LogP) is 3.01. The van der Waals surface area contributed by atoms with E-state index in [9.17, 15) is 9.90 Å². The van der Waals surface area contributed by atoms with Crippen LogP contribution >= 0.6 is 0 Å². The molecule has 1 aromatic rings. The Labute approximate surface area is 169 Å². The third kappa shape index (κ3) is 3.42. The minimum atomic E-state index is -1.19. The molecule has 0 radical (unpaired) electrons. The average molecular weight is 407 g/mol. The third-order valence-corrected chi connectivity index (χ3v) is 8.05. The van der Waals surface area contributed by atoms with Crippen molar-refractivity contribution in [2.45, 2.75) is 69.9 Å². The lowest BCUT2D eigenvalue weighted by molar-refractivity contribution is -0.198. The summed E-state index contributed by atoms with van der Waals surface area (Å²) in [6.45, 7) is 12.8. The molecule has 1 amide bonds. The summed E-state index contributed by atoms with van der Waals surface area (Å²) in [6.07, 6.45) is 1.33. The molecular weight excluding hydrogens is 372 g/mol. The highest BCUT2D eigenvalue weighted by atomic mass is 28.3. The largest absolute Gasteiger partial charge is 0.390 e. The van der Waals surface area contributed by atoms with E-state index in [-0.39, 0.29) is 19.2 Å². The first-order valence-electron chi connectivity index (χ1n) is 10.3. The summed E-state index contributed by atoms with van der Waals surface area (Å²) >= 11 is 0. The minimum Gasteiger partial charge on any atom is -0.390 e. The number of carbonyl (C=O) groups excluding carboxylic acids is 1. The van der Waals surface area contributed by atoms with Gasteiger partial charge < -0.3 is 19.5 Å². The fraction of sp³-hybridized carbons (Fsp3) is 0.714. The lowest BCUT2D eigenvalue weighted by Gasteiger charge is -2.56. The van der Waals surface area contributed by atoms with E-state index in [4.69, 9.17) is 14.5 Å². The molecule has 0 aromatic carbocycles. The molecule has 156 valence electrons. The molecule has 1 saturated heterocycles. The van der Waals surface area contributed by atoms with Gasteiger partial charge >= 0.3 is 0 Å². The van der Waals surface area contributed by atoms with Gasteiger partial charge in [-0.15, -0.1) is 0 Å². The van der Waals surface area contributed by atoms with Crippen LogP contribution in [0.2, 0.25) is 25.7 Å². The topological polar surface area (TPSA) is 71.9 Å². The van der Waals surface area contributed by atoms with Crippen LogP contribution in [0.1, 0.15) is 43.6 Å². The maximum atomic E-state index is 13.8. The Hall–Kier alpha value is -1.28. The summed E-state index contributed by atoms with van der Waals surface area (Å²) < 4.78 is 11.6. The molecule has 0 unspecified atom stereocenters. The molecule has 1 aromatic heterocycles. The molecule has 1 spiro atoms. The van der Waals surface area contributed by atoms with Gasteiger partial charge in [-0.1, -0.05) is 39.6 Å². The summed E-state index contributed by atoms with van der Waals surface area (Å²) in [5, 5.41) is 9.58. The van der Waals surface area contributed by atoms with Crippen molar-refractivity contribution in [3.05, 3.63) is 29.1 Å². The molecule has 2 aliphatic rings. The summed E-state index contributed by atoms with van der Waals surface area (Å²) in [7, 11) is -1.19. The number of rotatable bonds is 8.